The molecule has 0 bridgehead atoms. The van der Waals surface area contributed by atoms with E-state index in [0.29, 0.717) is 5.92 Å². The number of nitrogens with zero attached hydrogens (tertiary/aromatic N) is 1. The molecule has 4 heteroatoms. The van der Waals surface area contributed by atoms with Gasteiger partial charge in [-0.05, 0) is 55.4 Å². The minimum Gasteiger partial charge on any atom is -0.273 e. The van der Waals surface area contributed by atoms with E-state index in [1.807, 2.05) is 13.0 Å². The molecule has 94 valence electrons. The Labute approximate surface area is 104 Å². The van der Waals surface area contributed by atoms with Crippen molar-refractivity contribution in [3.63, 3.8) is 0 Å². The van der Waals surface area contributed by atoms with E-state index in [9.17, 15) is 8.42 Å². The number of sulfonamides is 1. The summed E-state index contributed by atoms with van der Waals surface area (Å²) in [7, 11) is -1.57. The normalized spacial score (nSPS) is 16.0. The van der Waals surface area contributed by atoms with E-state index < -0.39 is 10.0 Å². The summed E-state index contributed by atoms with van der Waals surface area (Å²) in [6.45, 7) is 4.06. The third kappa shape index (κ3) is 2.46. The average molecular weight is 253 g/mol. The van der Waals surface area contributed by atoms with Crippen LogP contribution in [0.4, 0.5) is 5.69 Å². The summed E-state index contributed by atoms with van der Waals surface area (Å²) in [4.78, 5) is 0. The van der Waals surface area contributed by atoms with Gasteiger partial charge in [0.1, 0.15) is 0 Å². The van der Waals surface area contributed by atoms with Gasteiger partial charge in [0, 0.05) is 7.05 Å². The van der Waals surface area contributed by atoms with E-state index in [4.69, 9.17) is 0 Å². The minimum absolute atomic E-state index is 0.641. The van der Waals surface area contributed by atoms with E-state index in [1.165, 1.54) is 34.5 Å². The van der Waals surface area contributed by atoms with Crippen molar-refractivity contribution in [1.29, 1.82) is 0 Å². The Balaban J connectivity index is 2.50. The molecule has 0 aromatic heterocycles. The third-order valence-corrected chi connectivity index (χ3v) is 4.63. The molecular weight excluding hydrogens is 234 g/mol. The lowest BCUT2D eigenvalue weighted by Crippen LogP contribution is -2.25. The first-order valence-electron chi connectivity index (χ1n) is 5.85. The maximum atomic E-state index is 11.6. The zero-order valence-corrected chi connectivity index (χ0v) is 11.6. The Hall–Kier alpha value is -1.03. The van der Waals surface area contributed by atoms with Gasteiger partial charge >= 0.3 is 0 Å². The van der Waals surface area contributed by atoms with Crippen LogP contribution in [0.1, 0.15) is 35.4 Å². The Morgan fingerprint density at radius 3 is 2.24 bits per heavy atom. The number of anilines is 1. The van der Waals surface area contributed by atoms with E-state index >= 15 is 0 Å². The summed E-state index contributed by atoms with van der Waals surface area (Å²) in [6.07, 6.45) is 3.70. The van der Waals surface area contributed by atoms with Gasteiger partial charge in [0.2, 0.25) is 10.0 Å². The van der Waals surface area contributed by atoms with Crippen LogP contribution in [0, 0.1) is 13.8 Å². The summed E-state index contributed by atoms with van der Waals surface area (Å²) in [5, 5.41) is 0. The molecule has 0 aliphatic heterocycles. The van der Waals surface area contributed by atoms with Gasteiger partial charge in [-0.15, -0.1) is 0 Å². The molecule has 0 spiro atoms. The van der Waals surface area contributed by atoms with Crippen molar-refractivity contribution in [3.05, 3.63) is 28.8 Å². The summed E-state index contributed by atoms with van der Waals surface area (Å²) in [5.74, 6) is 0.641. The zero-order chi connectivity index (χ0) is 12.8. The molecule has 0 atom stereocenters. The lowest BCUT2D eigenvalue weighted by atomic mass is 10.0. The van der Waals surface area contributed by atoms with Crippen molar-refractivity contribution in [2.24, 2.45) is 0 Å². The van der Waals surface area contributed by atoms with E-state index in [-0.39, 0.29) is 0 Å². The topological polar surface area (TPSA) is 37.4 Å². The summed E-state index contributed by atoms with van der Waals surface area (Å²) < 4.78 is 24.6. The zero-order valence-electron chi connectivity index (χ0n) is 10.8. The maximum Gasteiger partial charge on any atom is 0.232 e. The van der Waals surface area contributed by atoms with Gasteiger partial charge in [-0.2, -0.15) is 0 Å². The quantitative estimate of drug-likeness (QED) is 0.830. The highest BCUT2D eigenvalue weighted by Crippen LogP contribution is 2.43. The van der Waals surface area contributed by atoms with Crippen molar-refractivity contribution in [1.82, 2.24) is 0 Å². The Kier molecular flexibility index (Phi) is 2.94. The minimum atomic E-state index is -3.18. The van der Waals surface area contributed by atoms with Gasteiger partial charge in [0.25, 0.3) is 0 Å². The molecule has 1 aliphatic rings. The summed E-state index contributed by atoms with van der Waals surface area (Å²) in [6, 6.07) is 4.13. The fourth-order valence-electron chi connectivity index (χ4n) is 2.21. The smallest absolute Gasteiger partial charge is 0.232 e. The molecule has 0 unspecified atom stereocenters. The van der Waals surface area contributed by atoms with Crippen molar-refractivity contribution < 1.29 is 8.42 Å². The molecule has 1 aromatic rings. The Bertz CT molecular complexity index is 545. The molecule has 2 rings (SSSR count). The predicted molar refractivity (Wildman–Crippen MR) is 71.1 cm³/mol. The fraction of sp³-hybridized carbons (Fsp3) is 0.538. The first kappa shape index (κ1) is 12.4. The van der Waals surface area contributed by atoms with Crippen LogP contribution in [-0.4, -0.2) is 21.7 Å². The molecule has 0 saturated heterocycles. The molecule has 0 heterocycles. The predicted octanol–water partition coefficient (Wildman–Crippen LogP) is 2.58. The van der Waals surface area contributed by atoms with Crippen LogP contribution >= 0.6 is 0 Å². The molecule has 17 heavy (non-hydrogen) atoms. The number of benzene rings is 1. The van der Waals surface area contributed by atoms with Crippen LogP contribution in [0.2, 0.25) is 0 Å². The molecule has 0 N–H and O–H groups in total. The molecule has 0 amide bonds. The lowest BCUT2D eigenvalue weighted by molar-refractivity contribution is 0.600. The lowest BCUT2D eigenvalue weighted by Gasteiger charge is -2.21. The molecule has 1 aliphatic carbocycles. The number of hydrogen-bond acceptors (Lipinski definition) is 2. The second-order valence-corrected chi connectivity index (χ2v) is 7.01. The van der Waals surface area contributed by atoms with E-state index in [2.05, 4.69) is 13.0 Å². The van der Waals surface area contributed by atoms with Gasteiger partial charge in [0.15, 0.2) is 0 Å². The SMILES string of the molecule is Cc1cc(C)c(N(C)S(C)(=O)=O)cc1C1CC1. The molecule has 1 aromatic carbocycles. The molecular formula is C13H19NO2S. The number of hydrogen-bond donors (Lipinski definition) is 0. The highest BCUT2D eigenvalue weighted by atomic mass is 32.2. The maximum absolute atomic E-state index is 11.6. The monoisotopic (exact) mass is 253 g/mol. The Morgan fingerprint density at radius 2 is 1.76 bits per heavy atom. The van der Waals surface area contributed by atoms with Crippen molar-refractivity contribution in [2.75, 3.05) is 17.6 Å². The van der Waals surface area contributed by atoms with Crippen molar-refractivity contribution >= 4 is 15.7 Å². The van der Waals surface area contributed by atoms with Crippen molar-refractivity contribution in [2.45, 2.75) is 32.6 Å². The van der Waals surface area contributed by atoms with Gasteiger partial charge in [-0.25, -0.2) is 8.42 Å². The van der Waals surface area contributed by atoms with Gasteiger partial charge in [-0.3, -0.25) is 4.31 Å². The van der Waals surface area contributed by atoms with Gasteiger partial charge < -0.3 is 0 Å². The largest absolute Gasteiger partial charge is 0.273 e. The van der Waals surface area contributed by atoms with Gasteiger partial charge in [-0.1, -0.05) is 6.07 Å². The van der Waals surface area contributed by atoms with Crippen LogP contribution in [0.25, 0.3) is 0 Å². The Morgan fingerprint density at radius 1 is 1.18 bits per heavy atom. The van der Waals surface area contributed by atoms with Crippen LogP contribution < -0.4 is 4.31 Å². The first-order valence-corrected chi connectivity index (χ1v) is 7.70. The number of aryl methyl sites for hydroxylation is 2. The van der Waals surface area contributed by atoms with Crippen LogP contribution in [0.5, 0.6) is 0 Å². The molecule has 1 fully saturated rings. The van der Waals surface area contributed by atoms with E-state index in [0.717, 1.165) is 11.3 Å². The third-order valence-electron chi connectivity index (χ3n) is 3.44. The molecule has 1 saturated carbocycles. The number of rotatable bonds is 3. The van der Waals surface area contributed by atoms with Crippen LogP contribution in [-0.2, 0) is 10.0 Å². The summed E-state index contributed by atoms with van der Waals surface area (Å²) in [5.41, 5.74) is 4.40. The molecule has 3 nitrogen and oxygen atoms in total. The van der Waals surface area contributed by atoms with Crippen LogP contribution in [0.15, 0.2) is 12.1 Å². The van der Waals surface area contributed by atoms with Crippen molar-refractivity contribution in [3.8, 4) is 0 Å². The van der Waals surface area contributed by atoms with E-state index in [1.54, 1.807) is 7.05 Å². The van der Waals surface area contributed by atoms with Gasteiger partial charge in [0.05, 0.1) is 11.9 Å². The van der Waals surface area contributed by atoms with Crippen LogP contribution in [0.3, 0.4) is 0 Å². The second-order valence-electron chi connectivity index (χ2n) is 5.00. The standard InChI is InChI=1S/C13H19NO2S/c1-9-7-10(2)13(14(3)17(4,15)16)8-12(9)11-5-6-11/h7-8,11H,5-6H2,1-4H3. The highest BCUT2D eigenvalue weighted by molar-refractivity contribution is 7.92. The fourth-order valence-corrected chi connectivity index (χ4v) is 2.76. The summed E-state index contributed by atoms with van der Waals surface area (Å²) >= 11 is 0. The first-order chi connectivity index (χ1) is 7.80. The second kappa shape index (κ2) is 4.02. The average Bonchev–Trinajstić information content (AvgIpc) is 2.99. The molecule has 0 radical (unpaired) electrons. The highest BCUT2D eigenvalue weighted by Gasteiger charge is 2.26.